The zero-order valence-corrected chi connectivity index (χ0v) is 8.08. The van der Waals surface area contributed by atoms with Crippen LogP contribution in [0.1, 0.15) is 33.1 Å². The van der Waals surface area contributed by atoms with Crippen molar-refractivity contribution in [2.45, 2.75) is 33.1 Å². The Hall–Kier alpha value is -1.06. The number of carbonyl (C=O) groups is 2. The lowest BCUT2D eigenvalue weighted by Crippen LogP contribution is -2.28. The Morgan fingerprint density at radius 2 is 1.85 bits per heavy atom. The molecular weight excluding hydrogens is 170 g/mol. The molecule has 0 fully saturated rings. The normalized spacial score (nSPS) is 12.8. The van der Waals surface area contributed by atoms with Crippen LogP contribution in [-0.2, 0) is 9.59 Å². The molecule has 1 unspecified atom stereocenters. The summed E-state index contributed by atoms with van der Waals surface area (Å²) in [6.07, 6.45) is 0.740. The van der Waals surface area contributed by atoms with Gasteiger partial charge in [-0.05, 0) is 24.7 Å². The topological polar surface area (TPSA) is 83.2 Å². The highest BCUT2D eigenvalue weighted by Gasteiger charge is 2.13. The molecule has 0 aliphatic rings. The fourth-order valence-electron chi connectivity index (χ4n) is 1.43. The number of rotatable bonds is 6. The maximum absolute atomic E-state index is 10.6. The average molecular weight is 186 g/mol. The molecule has 0 heterocycles. The molecule has 0 saturated carbocycles. The van der Waals surface area contributed by atoms with Crippen LogP contribution >= 0.6 is 0 Å². The largest absolute Gasteiger partial charge is 0.550 e. The van der Waals surface area contributed by atoms with E-state index in [9.17, 15) is 14.7 Å². The summed E-state index contributed by atoms with van der Waals surface area (Å²) in [7, 11) is 0. The number of hydrogen-bond donors (Lipinski definition) is 1. The van der Waals surface area contributed by atoms with Gasteiger partial charge in [0.2, 0.25) is 5.91 Å². The van der Waals surface area contributed by atoms with Gasteiger partial charge in [-0.15, -0.1) is 0 Å². The van der Waals surface area contributed by atoms with Gasteiger partial charge in [0.25, 0.3) is 0 Å². The molecule has 4 heteroatoms. The van der Waals surface area contributed by atoms with E-state index in [-0.39, 0.29) is 18.8 Å². The van der Waals surface area contributed by atoms with Gasteiger partial charge in [0.1, 0.15) is 0 Å². The monoisotopic (exact) mass is 186 g/mol. The van der Waals surface area contributed by atoms with Crippen LogP contribution in [0.4, 0.5) is 0 Å². The van der Waals surface area contributed by atoms with Crippen LogP contribution in [0.15, 0.2) is 0 Å². The third-order valence-corrected chi connectivity index (χ3v) is 1.75. The number of aliphatic carboxylic acids is 1. The van der Waals surface area contributed by atoms with E-state index < -0.39 is 11.9 Å². The van der Waals surface area contributed by atoms with Crippen molar-refractivity contribution in [1.29, 1.82) is 0 Å². The first-order valence-corrected chi connectivity index (χ1v) is 4.40. The fourth-order valence-corrected chi connectivity index (χ4v) is 1.43. The molecule has 0 radical (unpaired) electrons. The summed E-state index contributed by atoms with van der Waals surface area (Å²) in [5, 5.41) is 10.3. The molecule has 0 spiro atoms. The van der Waals surface area contributed by atoms with Gasteiger partial charge in [-0.25, -0.2) is 0 Å². The molecule has 0 aromatic carbocycles. The van der Waals surface area contributed by atoms with Crippen LogP contribution in [0.2, 0.25) is 0 Å². The Bertz CT molecular complexity index is 173. The van der Waals surface area contributed by atoms with E-state index in [1.807, 2.05) is 13.8 Å². The Balaban J connectivity index is 4.02. The van der Waals surface area contributed by atoms with E-state index in [2.05, 4.69) is 0 Å². The molecule has 0 aromatic rings. The lowest BCUT2D eigenvalue weighted by molar-refractivity contribution is -0.306. The SMILES string of the molecule is CC(C)CC(CC(N)=O)CC(=O)[O-]. The zero-order chi connectivity index (χ0) is 10.4. The molecule has 0 saturated heterocycles. The number of amides is 1. The summed E-state index contributed by atoms with van der Waals surface area (Å²) in [6.45, 7) is 3.95. The maximum atomic E-state index is 10.6. The minimum Gasteiger partial charge on any atom is -0.550 e. The summed E-state index contributed by atoms with van der Waals surface area (Å²) in [5.41, 5.74) is 4.99. The molecule has 1 atom stereocenters. The maximum Gasteiger partial charge on any atom is 0.217 e. The third kappa shape index (κ3) is 7.31. The second-order valence-electron chi connectivity index (χ2n) is 3.74. The average Bonchev–Trinajstić information content (AvgIpc) is 1.80. The van der Waals surface area contributed by atoms with Crippen LogP contribution in [0.3, 0.4) is 0 Å². The van der Waals surface area contributed by atoms with Gasteiger partial charge < -0.3 is 15.6 Å². The first-order chi connectivity index (χ1) is 5.91. The van der Waals surface area contributed by atoms with Crippen LogP contribution < -0.4 is 10.8 Å². The molecular formula is C9H16NO3-. The highest BCUT2D eigenvalue weighted by Crippen LogP contribution is 2.18. The van der Waals surface area contributed by atoms with Crippen molar-refractivity contribution in [3.8, 4) is 0 Å². The predicted molar refractivity (Wildman–Crippen MR) is 46.4 cm³/mol. The van der Waals surface area contributed by atoms with E-state index in [0.29, 0.717) is 12.3 Å². The first-order valence-electron chi connectivity index (χ1n) is 4.40. The Morgan fingerprint density at radius 1 is 1.31 bits per heavy atom. The Labute approximate surface area is 78.1 Å². The molecule has 0 aliphatic carbocycles. The number of carboxylic acid groups (broad SMARTS) is 1. The van der Waals surface area contributed by atoms with E-state index in [1.54, 1.807) is 0 Å². The zero-order valence-electron chi connectivity index (χ0n) is 8.08. The first kappa shape index (κ1) is 11.9. The van der Waals surface area contributed by atoms with Gasteiger partial charge >= 0.3 is 0 Å². The van der Waals surface area contributed by atoms with Gasteiger partial charge in [-0.3, -0.25) is 4.79 Å². The van der Waals surface area contributed by atoms with Gasteiger partial charge in [0.05, 0.1) is 0 Å². The highest BCUT2D eigenvalue weighted by molar-refractivity contribution is 5.75. The lowest BCUT2D eigenvalue weighted by Gasteiger charge is -2.17. The van der Waals surface area contributed by atoms with E-state index >= 15 is 0 Å². The van der Waals surface area contributed by atoms with Crippen molar-refractivity contribution in [2.75, 3.05) is 0 Å². The van der Waals surface area contributed by atoms with Crippen LogP contribution in [-0.4, -0.2) is 11.9 Å². The molecule has 4 nitrogen and oxygen atoms in total. The summed E-state index contributed by atoms with van der Waals surface area (Å²) in [4.78, 5) is 20.9. The van der Waals surface area contributed by atoms with Crippen molar-refractivity contribution in [3.05, 3.63) is 0 Å². The van der Waals surface area contributed by atoms with Crippen molar-refractivity contribution >= 4 is 11.9 Å². The summed E-state index contributed by atoms with van der Waals surface area (Å²) in [5.74, 6) is -1.38. The molecule has 0 aliphatic heterocycles. The van der Waals surface area contributed by atoms with Gasteiger partial charge in [0, 0.05) is 12.4 Å². The standard InChI is InChI=1S/C9H17NO3/c1-6(2)3-7(4-8(10)11)5-9(12)13/h6-7H,3-5H2,1-2H3,(H2,10,11)(H,12,13)/p-1. The fraction of sp³-hybridized carbons (Fsp3) is 0.778. The molecule has 2 N–H and O–H groups in total. The minimum absolute atomic E-state index is 0.0822. The molecule has 0 bridgehead atoms. The van der Waals surface area contributed by atoms with E-state index in [4.69, 9.17) is 5.73 Å². The van der Waals surface area contributed by atoms with Crippen LogP contribution in [0.25, 0.3) is 0 Å². The minimum atomic E-state index is -1.12. The third-order valence-electron chi connectivity index (χ3n) is 1.75. The van der Waals surface area contributed by atoms with E-state index in [1.165, 1.54) is 0 Å². The highest BCUT2D eigenvalue weighted by atomic mass is 16.4. The van der Waals surface area contributed by atoms with Crippen molar-refractivity contribution in [3.63, 3.8) is 0 Å². The summed E-state index contributed by atoms with van der Waals surface area (Å²) < 4.78 is 0. The van der Waals surface area contributed by atoms with Crippen LogP contribution in [0, 0.1) is 11.8 Å². The predicted octanol–water partition coefficient (Wildman–Crippen LogP) is -0.336. The second kappa shape index (κ2) is 5.56. The number of hydrogen-bond acceptors (Lipinski definition) is 3. The number of carbonyl (C=O) groups excluding carboxylic acids is 2. The molecule has 13 heavy (non-hydrogen) atoms. The van der Waals surface area contributed by atoms with E-state index in [0.717, 1.165) is 0 Å². The number of primary amides is 1. The van der Waals surface area contributed by atoms with Crippen molar-refractivity contribution in [1.82, 2.24) is 0 Å². The Morgan fingerprint density at radius 3 is 2.15 bits per heavy atom. The van der Waals surface area contributed by atoms with Gasteiger partial charge in [0.15, 0.2) is 0 Å². The van der Waals surface area contributed by atoms with Crippen LogP contribution in [0.5, 0.6) is 0 Å². The molecule has 1 amide bonds. The van der Waals surface area contributed by atoms with Crippen molar-refractivity contribution in [2.24, 2.45) is 17.6 Å². The number of nitrogens with two attached hydrogens (primary N) is 1. The quantitative estimate of drug-likeness (QED) is 0.616. The molecule has 0 rings (SSSR count). The lowest BCUT2D eigenvalue weighted by atomic mass is 9.91. The Kier molecular flexibility index (Phi) is 5.11. The van der Waals surface area contributed by atoms with Gasteiger partial charge in [-0.2, -0.15) is 0 Å². The molecule has 76 valence electrons. The summed E-state index contributed by atoms with van der Waals surface area (Å²) in [6, 6.07) is 0. The summed E-state index contributed by atoms with van der Waals surface area (Å²) >= 11 is 0. The smallest absolute Gasteiger partial charge is 0.217 e. The molecule has 0 aromatic heterocycles. The second-order valence-corrected chi connectivity index (χ2v) is 3.74. The number of carboxylic acids is 1. The van der Waals surface area contributed by atoms with Crippen molar-refractivity contribution < 1.29 is 14.7 Å². The van der Waals surface area contributed by atoms with Gasteiger partial charge in [-0.1, -0.05) is 13.8 Å².